The van der Waals surface area contributed by atoms with E-state index >= 15 is 0 Å². The smallest absolute Gasteiger partial charge is 0.305 e. The molecular weight excluding hydrogens is 791 g/mol. The first-order valence-electron chi connectivity index (χ1n) is 28.6. The van der Waals surface area contributed by atoms with Gasteiger partial charge in [0.15, 0.2) is 0 Å². The number of ether oxygens (including phenoxy) is 1. The maximum Gasteiger partial charge on any atom is 0.305 e. The molecule has 6 heteroatoms. The summed E-state index contributed by atoms with van der Waals surface area (Å²) in [4.78, 5) is 24.5. The van der Waals surface area contributed by atoms with Gasteiger partial charge in [-0.1, -0.05) is 263 Å². The van der Waals surface area contributed by atoms with Crippen molar-refractivity contribution in [1.29, 1.82) is 0 Å². The fourth-order valence-corrected chi connectivity index (χ4v) is 8.81. The van der Waals surface area contributed by atoms with Crippen molar-refractivity contribution in [2.45, 2.75) is 321 Å². The van der Waals surface area contributed by atoms with Crippen LogP contribution in [0, 0.1) is 0 Å². The Morgan fingerprint density at radius 2 is 0.734 bits per heavy atom. The van der Waals surface area contributed by atoms with Crippen molar-refractivity contribution in [1.82, 2.24) is 5.32 Å². The van der Waals surface area contributed by atoms with Crippen LogP contribution in [-0.4, -0.2) is 47.4 Å². The van der Waals surface area contributed by atoms with Gasteiger partial charge in [-0.05, 0) is 57.8 Å². The molecule has 0 saturated heterocycles. The van der Waals surface area contributed by atoms with Crippen molar-refractivity contribution in [3.63, 3.8) is 0 Å². The number of allylic oxidation sites excluding steroid dienone is 3. The van der Waals surface area contributed by atoms with E-state index in [1.165, 1.54) is 238 Å². The van der Waals surface area contributed by atoms with Gasteiger partial charge in [0, 0.05) is 12.8 Å². The molecule has 1 amide bonds. The molecule has 6 nitrogen and oxygen atoms in total. The van der Waals surface area contributed by atoms with Crippen molar-refractivity contribution < 1.29 is 24.5 Å². The quantitative estimate of drug-likeness (QED) is 0.0321. The molecule has 0 aliphatic heterocycles. The van der Waals surface area contributed by atoms with E-state index in [9.17, 15) is 19.8 Å². The van der Waals surface area contributed by atoms with Crippen molar-refractivity contribution in [3.05, 3.63) is 24.3 Å². The first-order valence-corrected chi connectivity index (χ1v) is 28.6. The highest BCUT2D eigenvalue weighted by atomic mass is 16.5. The molecule has 0 aromatic carbocycles. The van der Waals surface area contributed by atoms with Crippen LogP contribution in [0.5, 0.6) is 0 Å². The lowest BCUT2D eigenvalue weighted by Gasteiger charge is -2.20. The van der Waals surface area contributed by atoms with Gasteiger partial charge in [-0.15, -0.1) is 0 Å². The Hall–Kier alpha value is -1.66. The average Bonchev–Trinajstić information content (AvgIpc) is 3.29. The molecule has 0 aliphatic rings. The molecule has 0 aromatic rings. The number of aliphatic hydroxyl groups excluding tert-OH is 2. The SMILES string of the molecule is CCCCCCC/C=C\CCCCCCCC(=O)OCCCCCCCCCCCCCCCCCCCCCC(=O)NC(CO)C(O)/C=C/CCCCCCCCCCCCCC. The maximum atomic E-state index is 12.4. The molecule has 0 spiro atoms. The lowest BCUT2D eigenvalue weighted by atomic mass is 10.0. The van der Waals surface area contributed by atoms with E-state index in [0.717, 1.165) is 44.9 Å². The Bertz CT molecular complexity index is 997. The molecule has 0 fully saturated rings. The minimum Gasteiger partial charge on any atom is -0.466 e. The van der Waals surface area contributed by atoms with Gasteiger partial charge in [-0.25, -0.2) is 0 Å². The molecule has 3 N–H and O–H groups in total. The lowest BCUT2D eigenvalue weighted by Crippen LogP contribution is -2.45. The van der Waals surface area contributed by atoms with E-state index in [1.807, 2.05) is 6.08 Å². The second kappa shape index (κ2) is 54.0. The van der Waals surface area contributed by atoms with Gasteiger partial charge in [0.25, 0.3) is 0 Å². The first-order chi connectivity index (χ1) is 31.5. The summed E-state index contributed by atoms with van der Waals surface area (Å²) in [5.74, 6) is -0.0705. The van der Waals surface area contributed by atoms with Crippen LogP contribution >= 0.6 is 0 Å². The summed E-state index contributed by atoms with van der Waals surface area (Å²) >= 11 is 0. The number of carbonyl (C=O) groups excluding carboxylic acids is 2. The average molecular weight is 903 g/mol. The van der Waals surface area contributed by atoms with E-state index in [0.29, 0.717) is 19.4 Å². The van der Waals surface area contributed by atoms with Crippen LogP contribution in [0.2, 0.25) is 0 Å². The zero-order valence-corrected chi connectivity index (χ0v) is 43.0. The Morgan fingerprint density at radius 1 is 0.422 bits per heavy atom. The van der Waals surface area contributed by atoms with Gasteiger partial charge in [0.1, 0.15) is 0 Å². The third-order valence-electron chi connectivity index (χ3n) is 13.2. The van der Waals surface area contributed by atoms with Crippen LogP contribution in [0.25, 0.3) is 0 Å². The highest BCUT2D eigenvalue weighted by Crippen LogP contribution is 2.17. The summed E-state index contributed by atoms with van der Waals surface area (Å²) in [6, 6.07) is -0.629. The number of carbonyl (C=O) groups is 2. The minimum atomic E-state index is -0.845. The number of rotatable bonds is 53. The fraction of sp³-hybridized carbons (Fsp3) is 0.897. The standard InChI is InChI=1S/C58H111NO5/c1-3-5-7-9-11-13-15-17-26-30-34-38-42-46-50-56(61)55(54-60)59-57(62)51-47-43-39-35-31-27-24-22-20-19-21-23-25-29-33-37-41-45-49-53-64-58(63)52-48-44-40-36-32-28-18-16-14-12-10-8-6-4-2/h16,18,46,50,55-56,60-61H,3-15,17,19-45,47-49,51-54H2,1-2H3,(H,59,62)/b18-16-,50-46+. The molecule has 0 saturated carbocycles. The third-order valence-corrected chi connectivity index (χ3v) is 13.2. The summed E-state index contributed by atoms with van der Waals surface area (Å²) in [6.45, 7) is 4.89. The van der Waals surface area contributed by atoms with Crippen LogP contribution in [0.3, 0.4) is 0 Å². The largest absolute Gasteiger partial charge is 0.466 e. The number of aliphatic hydroxyl groups is 2. The first kappa shape index (κ1) is 62.3. The molecular formula is C58H111NO5. The Balaban J connectivity index is 3.42. The normalized spacial score (nSPS) is 12.8. The predicted octanol–water partition coefficient (Wildman–Crippen LogP) is 17.5. The van der Waals surface area contributed by atoms with Crippen molar-refractivity contribution in [2.75, 3.05) is 13.2 Å². The Labute approximate surface area is 399 Å². The van der Waals surface area contributed by atoms with E-state index in [1.54, 1.807) is 6.08 Å². The predicted molar refractivity (Wildman–Crippen MR) is 278 cm³/mol. The zero-order chi connectivity index (χ0) is 46.5. The number of amides is 1. The third kappa shape index (κ3) is 49.8. The number of hydrogen-bond acceptors (Lipinski definition) is 5. The molecule has 0 rings (SSSR count). The molecule has 0 aliphatic carbocycles. The van der Waals surface area contributed by atoms with Crippen molar-refractivity contribution in [3.8, 4) is 0 Å². The minimum absolute atomic E-state index is 0.000220. The fourth-order valence-electron chi connectivity index (χ4n) is 8.81. The van der Waals surface area contributed by atoms with E-state index < -0.39 is 12.1 Å². The summed E-state index contributed by atoms with van der Waals surface area (Å²) in [7, 11) is 0. The molecule has 378 valence electrons. The van der Waals surface area contributed by atoms with Crippen molar-refractivity contribution >= 4 is 11.9 Å². The van der Waals surface area contributed by atoms with E-state index in [2.05, 4.69) is 31.3 Å². The number of hydrogen-bond donors (Lipinski definition) is 3. The monoisotopic (exact) mass is 902 g/mol. The van der Waals surface area contributed by atoms with Gasteiger partial charge in [0.2, 0.25) is 5.91 Å². The Morgan fingerprint density at radius 3 is 1.11 bits per heavy atom. The van der Waals surface area contributed by atoms with Gasteiger partial charge in [-0.3, -0.25) is 9.59 Å². The number of nitrogens with one attached hydrogen (secondary N) is 1. The van der Waals surface area contributed by atoms with Crippen molar-refractivity contribution in [2.24, 2.45) is 0 Å². The van der Waals surface area contributed by atoms with E-state index in [-0.39, 0.29) is 18.5 Å². The highest BCUT2D eigenvalue weighted by Gasteiger charge is 2.18. The van der Waals surface area contributed by atoms with Crippen LogP contribution < -0.4 is 5.32 Å². The van der Waals surface area contributed by atoms with Crippen LogP contribution in [0.15, 0.2) is 24.3 Å². The lowest BCUT2D eigenvalue weighted by molar-refractivity contribution is -0.143. The zero-order valence-electron chi connectivity index (χ0n) is 43.0. The van der Waals surface area contributed by atoms with Crippen LogP contribution in [-0.2, 0) is 14.3 Å². The number of esters is 1. The van der Waals surface area contributed by atoms with Crippen LogP contribution in [0.1, 0.15) is 309 Å². The van der Waals surface area contributed by atoms with Gasteiger partial charge >= 0.3 is 5.97 Å². The summed E-state index contributed by atoms with van der Waals surface area (Å²) in [5, 5.41) is 23.1. The van der Waals surface area contributed by atoms with Gasteiger partial charge in [0.05, 0.1) is 25.4 Å². The topological polar surface area (TPSA) is 95.9 Å². The molecule has 0 radical (unpaired) electrons. The van der Waals surface area contributed by atoms with Crippen LogP contribution in [0.4, 0.5) is 0 Å². The second-order valence-corrected chi connectivity index (χ2v) is 19.6. The Kier molecular flexibility index (Phi) is 52.6. The van der Waals surface area contributed by atoms with Gasteiger partial charge < -0.3 is 20.3 Å². The second-order valence-electron chi connectivity index (χ2n) is 19.6. The molecule has 64 heavy (non-hydrogen) atoms. The number of unbranched alkanes of at least 4 members (excludes halogenated alkanes) is 40. The van der Waals surface area contributed by atoms with Gasteiger partial charge in [-0.2, -0.15) is 0 Å². The highest BCUT2D eigenvalue weighted by molar-refractivity contribution is 5.76. The molecule has 0 bridgehead atoms. The van der Waals surface area contributed by atoms with E-state index in [4.69, 9.17) is 4.74 Å². The maximum absolute atomic E-state index is 12.4. The summed E-state index contributed by atoms with van der Waals surface area (Å²) < 4.78 is 5.47. The summed E-state index contributed by atoms with van der Waals surface area (Å²) in [6.07, 6.45) is 64.8. The molecule has 0 aromatic heterocycles. The molecule has 2 atom stereocenters. The summed E-state index contributed by atoms with van der Waals surface area (Å²) in [5.41, 5.74) is 0. The molecule has 0 heterocycles. The molecule has 2 unspecified atom stereocenters.